The van der Waals surface area contributed by atoms with Gasteiger partial charge in [-0.15, -0.1) is 6.58 Å². The highest BCUT2D eigenvalue weighted by molar-refractivity contribution is 5.83. The Morgan fingerprint density at radius 1 is 1.35 bits per heavy atom. The maximum Gasteiger partial charge on any atom is 0.116 e. The first kappa shape index (κ1) is 14.7. The highest BCUT2D eigenvalue weighted by Gasteiger charge is 2.42. The first-order valence-electron chi connectivity index (χ1n) is 8.29. The molecule has 0 amide bonds. The number of aliphatic hydroxyl groups excluding tert-OH is 1. The maximum absolute atomic E-state index is 11.0. The molecule has 0 spiro atoms. The zero-order chi connectivity index (χ0) is 16.0. The molecule has 0 radical (unpaired) electrons. The van der Waals surface area contributed by atoms with E-state index in [-0.39, 0.29) is 11.8 Å². The van der Waals surface area contributed by atoms with Crippen LogP contribution in [0, 0.1) is 11.8 Å². The number of rotatable bonds is 3. The summed E-state index contributed by atoms with van der Waals surface area (Å²) in [6.07, 6.45) is 5.44. The number of aromatic hydroxyl groups is 1. The molecule has 1 aromatic heterocycles. The summed E-state index contributed by atoms with van der Waals surface area (Å²) in [5.41, 5.74) is 1.66. The van der Waals surface area contributed by atoms with E-state index in [0.29, 0.717) is 11.8 Å². The fraction of sp³-hybridized carbons (Fsp3) is 0.421. The molecule has 4 nitrogen and oxygen atoms in total. The Balaban J connectivity index is 1.69. The largest absolute Gasteiger partial charge is 0.508 e. The average molecular weight is 310 g/mol. The molecule has 5 rings (SSSR count). The van der Waals surface area contributed by atoms with Crippen molar-refractivity contribution in [2.24, 2.45) is 11.8 Å². The van der Waals surface area contributed by atoms with Crippen molar-refractivity contribution in [2.75, 3.05) is 13.1 Å². The zero-order valence-corrected chi connectivity index (χ0v) is 13.1. The van der Waals surface area contributed by atoms with Gasteiger partial charge < -0.3 is 10.2 Å². The van der Waals surface area contributed by atoms with Gasteiger partial charge in [-0.25, -0.2) is 0 Å². The molecule has 5 atom stereocenters. The molecule has 1 aromatic carbocycles. The molecular formula is C19H22N2O2. The van der Waals surface area contributed by atoms with E-state index in [1.807, 2.05) is 6.07 Å². The molecular weight excluding hydrogens is 288 g/mol. The molecule has 4 heterocycles. The van der Waals surface area contributed by atoms with Gasteiger partial charge in [0.15, 0.2) is 0 Å². The van der Waals surface area contributed by atoms with Gasteiger partial charge in [0.25, 0.3) is 0 Å². The molecule has 3 saturated heterocycles. The minimum absolute atomic E-state index is 0.137. The Kier molecular flexibility index (Phi) is 3.58. The summed E-state index contributed by atoms with van der Waals surface area (Å²) in [5, 5.41) is 21.7. The van der Waals surface area contributed by atoms with Crippen LogP contribution in [0.4, 0.5) is 0 Å². The van der Waals surface area contributed by atoms with Gasteiger partial charge >= 0.3 is 0 Å². The lowest BCUT2D eigenvalue weighted by molar-refractivity contribution is -0.0444. The molecule has 2 N–H and O–H groups in total. The molecule has 4 heteroatoms. The Morgan fingerprint density at radius 3 is 2.96 bits per heavy atom. The van der Waals surface area contributed by atoms with E-state index in [1.54, 1.807) is 24.4 Å². The van der Waals surface area contributed by atoms with Gasteiger partial charge in [0, 0.05) is 24.2 Å². The number of aromatic nitrogens is 1. The number of aliphatic hydroxyl groups is 1. The van der Waals surface area contributed by atoms with Crippen molar-refractivity contribution in [1.29, 1.82) is 0 Å². The lowest BCUT2D eigenvalue weighted by atomic mass is 9.73. The van der Waals surface area contributed by atoms with Crippen molar-refractivity contribution in [2.45, 2.75) is 25.0 Å². The summed E-state index contributed by atoms with van der Waals surface area (Å²) >= 11 is 0. The van der Waals surface area contributed by atoms with Crippen LogP contribution >= 0.6 is 0 Å². The first-order valence-corrected chi connectivity index (χ1v) is 8.29. The van der Waals surface area contributed by atoms with Crippen molar-refractivity contribution < 1.29 is 10.2 Å². The molecule has 0 saturated carbocycles. The lowest BCUT2D eigenvalue weighted by Crippen LogP contribution is -2.54. The normalized spacial score (nSPS) is 31.2. The highest BCUT2D eigenvalue weighted by Crippen LogP contribution is 2.42. The summed E-state index contributed by atoms with van der Waals surface area (Å²) < 4.78 is 0. The Hall–Kier alpha value is -1.91. The summed E-state index contributed by atoms with van der Waals surface area (Å²) in [6.45, 7) is 5.99. The second kappa shape index (κ2) is 5.62. The molecule has 120 valence electrons. The van der Waals surface area contributed by atoms with Crippen LogP contribution in [-0.2, 0) is 0 Å². The molecule has 0 aliphatic carbocycles. The number of fused-ring (bicyclic) bond motifs is 4. The standard InChI is InChI=1S/C19H22N2O2/c1-2-12-11-21-8-6-13(12)9-18(21)19(23)15-5-7-20-17-4-3-14(22)10-16(15)17/h2-5,7,10,12-13,18-19,22-23H,1,6,8-9,11H2/t12-,13-,18-,19-/m0/s1. The van der Waals surface area contributed by atoms with E-state index in [0.717, 1.165) is 36.0 Å². The smallest absolute Gasteiger partial charge is 0.116 e. The number of phenols is 1. The van der Waals surface area contributed by atoms with Crippen molar-refractivity contribution in [3.05, 3.63) is 48.7 Å². The summed E-state index contributed by atoms with van der Waals surface area (Å²) in [5.74, 6) is 1.38. The summed E-state index contributed by atoms with van der Waals surface area (Å²) in [7, 11) is 0. The third-order valence-corrected chi connectivity index (χ3v) is 5.60. The number of hydrogen-bond donors (Lipinski definition) is 2. The van der Waals surface area contributed by atoms with E-state index >= 15 is 0 Å². The Labute approximate surface area is 136 Å². The van der Waals surface area contributed by atoms with Gasteiger partial charge in [-0.2, -0.15) is 0 Å². The molecule has 23 heavy (non-hydrogen) atoms. The van der Waals surface area contributed by atoms with Crippen molar-refractivity contribution in [3.63, 3.8) is 0 Å². The minimum atomic E-state index is -0.559. The third kappa shape index (κ3) is 2.42. The van der Waals surface area contributed by atoms with E-state index in [9.17, 15) is 10.2 Å². The van der Waals surface area contributed by atoms with E-state index in [2.05, 4.69) is 22.5 Å². The van der Waals surface area contributed by atoms with Crippen molar-refractivity contribution in [3.8, 4) is 5.75 Å². The van der Waals surface area contributed by atoms with Crippen LogP contribution in [0.15, 0.2) is 43.1 Å². The average Bonchev–Trinajstić information content (AvgIpc) is 2.60. The predicted molar refractivity (Wildman–Crippen MR) is 90.1 cm³/mol. The molecule has 2 bridgehead atoms. The van der Waals surface area contributed by atoms with E-state index in [4.69, 9.17) is 0 Å². The van der Waals surface area contributed by atoms with E-state index in [1.165, 1.54) is 6.42 Å². The van der Waals surface area contributed by atoms with Crippen molar-refractivity contribution >= 4 is 10.9 Å². The summed E-state index contributed by atoms with van der Waals surface area (Å²) in [4.78, 5) is 6.73. The molecule has 3 aliphatic rings. The Bertz CT molecular complexity index is 745. The Morgan fingerprint density at radius 2 is 2.22 bits per heavy atom. The first-order chi connectivity index (χ1) is 11.2. The van der Waals surface area contributed by atoms with Gasteiger partial charge in [0.1, 0.15) is 5.75 Å². The highest BCUT2D eigenvalue weighted by atomic mass is 16.3. The van der Waals surface area contributed by atoms with Gasteiger partial charge in [-0.1, -0.05) is 6.08 Å². The maximum atomic E-state index is 11.0. The van der Waals surface area contributed by atoms with Crippen LogP contribution in [0.3, 0.4) is 0 Å². The van der Waals surface area contributed by atoms with Crippen LogP contribution in [0.25, 0.3) is 10.9 Å². The fourth-order valence-electron chi connectivity index (χ4n) is 4.33. The predicted octanol–water partition coefficient (Wildman–Crippen LogP) is 2.87. The number of benzene rings is 1. The number of hydrogen-bond acceptors (Lipinski definition) is 4. The molecule has 3 aliphatic heterocycles. The fourth-order valence-corrected chi connectivity index (χ4v) is 4.33. The quantitative estimate of drug-likeness (QED) is 0.856. The third-order valence-electron chi connectivity index (χ3n) is 5.60. The van der Waals surface area contributed by atoms with Crippen LogP contribution in [0.5, 0.6) is 5.75 Å². The minimum Gasteiger partial charge on any atom is -0.508 e. The molecule has 1 unspecified atom stereocenters. The van der Waals surface area contributed by atoms with Gasteiger partial charge in [-0.05, 0) is 61.1 Å². The van der Waals surface area contributed by atoms with Crippen molar-refractivity contribution in [1.82, 2.24) is 9.88 Å². The monoisotopic (exact) mass is 310 g/mol. The van der Waals surface area contributed by atoms with E-state index < -0.39 is 6.10 Å². The number of phenolic OH excluding ortho intramolecular Hbond substituents is 1. The summed E-state index contributed by atoms with van der Waals surface area (Å²) in [6, 6.07) is 7.14. The topological polar surface area (TPSA) is 56.6 Å². The SMILES string of the molecule is C=C[C@H]1CN2CC[C@H]1C[C@H]2[C@@H](O)c1ccnc2ccc(O)cc12. The molecule has 2 aromatic rings. The molecule has 3 fully saturated rings. The zero-order valence-electron chi connectivity index (χ0n) is 13.1. The second-order valence-electron chi connectivity index (χ2n) is 6.79. The van der Waals surface area contributed by atoms with Crippen LogP contribution in [0.1, 0.15) is 24.5 Å². The van der Waals surface area contributed by atoms with Crippen LogP contribution in [-0.4, -0.2) is 39.2 Å². The number of pyridine rings is 1. The number of piperidine rings is 3. The van der Waals surface area contributed by atoms with Crippen LogP contribution < -0.4 is 0 Å². The van der Waals surface area contributed by atoms with Gasteiger partial charge in [-0.3, -0.25) is 9.88 Å². The van der Waals surface area contributed by atoms with Gasteiger partial charge in [0.2, 0.25) is 0 Å². The number of nitrogens with zero attached hydrogens (tertiary/aromatic N) is 2. The van der Waals surface area contributed by atoms with Gasteiger partial charge in [0.05, 0.1) is 11.6 Å². The lowest BCUT2D eigenvalue weighted by Gasteiger charge is -2.50. The second-order valence-corrected chi connectivity index (χ2v) is 6.79. The van der Waals surface area contributed by atoms with Crippen LogP contribution in [0.2, 0.25) is 0 Å².